The molecular formula is C20H22ClN3O4. The number of methoxy groups -OCH3 is 2. The second-order valence-corrected chi connectivity index (χ2v) is 6.40. The molecule has 0 unspecified atom stereocenters. The molecule has 7 nitrogen and oxygen atoms in total. The van der Waals surface area contributed by atoms with Gasteiger partial charge in [-0.2, -0.15) is 5.10 Å². The number of benzene rings is 2. The van der Waals surface area contributed by atoms with E-state index in [9.17, 15) is 9.59 Å². The number of hydrogen-bond acceptors (Lipinski definition) is 5. The lowest BCUT2D eigenvalue weighted by Gasteiger charge is -2.10. The van der Waals surface area contributed by atoms with Gasteiger partial charge in [-0.3, -0.25) is 9.59 Å². The highest BCUT2D eigenvalue weighted by Gasteiger charge is 2.13. The molecule has 0 aliphatic heterocycles. The zero-order valence-corrected chi connectivity index (χ0v) is 16.9. The van der Waals surface area contributed by atoms with E-state index in [1.807, 2.05) is 6.92 Å². The summed E-state index contributed by atoms with van der Waals surface area (Å²) in [6.45, 7) is 3.47. The number of amides is 2. The smallest absolute Gasteiger partial charge is 0.275 e. The molecule has 0 saturated heterocycles. The summed E-state index contributed by atoms with van der Waals surface area (Å²) in [6, 6.07) is 10.1. The number of carbonyl (C=O) groups excluding carboxylic acids is 2. The Morgan fingerprint density at radius 1 is 1.14 bits per heavy atom. The standard InChI is InChI=1S/C20H22ClN3O4/c1-12(10-19(25)22-17-7-5-6-16(21)13(17)2)23-24-20(26)15-9-8-14(27-3)11-18(15)28-4/h5-9,11H,10H2,1-4H3,(H,22,25)(H,24,26)/b23-12-. The molecule has 0 radical (unpaired) electrons. The molecule has 0 fully saturated rings. The van der Waals surface area contributed by atoms with Crippen molar-refractivity contribution in [3.05, 3.63) is 52.5 Å². The van der Waals surface area contributed by atoms with Gasteiger partial charge in [0.25, 0.3) is 5.91 Å². The normalized spacial score (nSPS) is 11.0. The lowest BCUT2D eigenvalue weighted by atomic mass is 10.2. The van der Waals surface area contributed by atoms with Crippen LogP contribution in [-0.4, -0.2) is 31.7 Å². The van der Waals surface area contributed by atoms with E-state index < -0.39 is 5.91 Å². The minimum atomic E-state index is -0.454. The first kappa shape index (κ1) is 21.2. The van der Waals surface area contributed by atoms with Crippen LogP contribution in [0.1, 0.15) is 29.3 Å². The third-order valence-electron chi connectivity index (χ3n) is 3.96. The van der Waals surface area contributed by atoms with E-state index in [-0.39, 0.29) is 12.3 Å². The number of ether oxygens (including phenoxy) is 2. The lowest BCUT2D eigenvalue weighted by Crippen LogP contribution is -2.22. The molecule has 8 heteroatoms. The maximum atomic E-state index is 12.3. The minimum Gasteiger partial charge on any atom is -0.497 e. The van der Waals surface area contributed by atoms with Gasteiger partial charge in [-0.05, 0) is 43.7 Å². The van der Waals surface area contributed by atoms with Gasteiger partial charge < -0.3 is 14.8 Å². The van der Waals surface area contributed by atoms with Gasteiger partial charge in [-0.25, -0.2) is 5.43 Å². The van der Waals surface area contributed by atoms with E-state index >= 15 is 0 Å². The van der Waals surface area contributed by atoms with Crippen LogP contribution in [-0.2, 0) is 4.79 Å². The van der Waals surface area contributed by atoms with E-state index in [1.54, 1.807) is 43.3 Å². The summed E-state index contributed by atoms with van der Waals surface area (Å²) in [6.07, 6.45) is 0.0198. The quantitative estimate of drug-likeness (QED) is 0.543. The Hall–Kier alpha value is -3.06. The van der Waals surface area contributed by atoms with Gasteiger partial charge in [-0.15, -0.1) is 0 Å². The van der Waals surface area contributed by atoms with Crippen molar-refractivity contribution in [2.45, 2.75) is 20.3 Å². The third-order valence-corrected chi connectivity index (χ3v) is 4.37. The number of halogens is 1. The van der Waals surface area contributed by atoms with E-state index in [0.29, 0.717) is 33.5 Å². The summed E-state index contributed by atoms with van der Waals surface area (Å²) < 4.78 is 10.3. The van der Waals surface area contributed by atoms with Gasteiger partial charge in [0.1, 0.15) is 11.5 Å². The van der Waals surface area contributed by atoms with E-state index in [0.717, 1.165) is 5.56 Å². The first-order chi connectivity index (χ1) is 13.3. The van der Waals surface area contributed by atoms with Crippen LogP contribution in [0.15, 0.2) is 41.5 Å². The Bertz CT molecular complexity index is 912. The molecule has 0 saturated carbocycles. The Kier molecular flexibility index (Phi) is 7.40. The number of carbonyl (C=O) groups is 2. The fourth-order valence-corrected chi connectivity index (χ4v) is 2.58. The molecule has 0 aliphatic rings. The summed E-state index contributed by atoms with van der Waals surface area (Å²) in [5.74, 6) is 0.216. The number of nitrogens with one attached hydrogen (secondary N) is 2. The van der Waals surface area contributed by atoms with Crippen molar-refractivity contribution in [2.75, 3.05) is 19.5 Å². The van der Waals surface area contributed by atoms with Crippen LogP contribution in [0, 0.1) is 6.92 Å². The molecule has 0 aliphatic carbocycles. The van der Waals surface area contributed by atoms with Gasteiger partial charge in [0.05, 0.1) is 26.2 Å². The van der Waals surface area contributed by atoms with Crippen LogP contribution >= 0.6 is 11.6 Å². The molecule has 2 aromatic carbocycles. The molecule has 148 valence electrons. The predicted molar refractivity (Wildman–Crippen MR) is 110 cm³/mol. The summed E-state index contributed by atoms with van der Waals surface area (Å²) in [4.78, 5) is 24.5. The minimum absolute atomic E-state index is 0.0198. The van der Waals surface area contributed by atoms with Crippen LogP contribution in [0.2, 0.25) is 5.02 Å². The summed E-state index contributed by atoms with van der Waals surface area (Å²) in [5, 5.41) is 7.34. The molecule has 0 heterocycles. The van der Waals surface area contributed by atoms with Gasteiger partial charge in [0, 0.05) is 22.5 Å². The zero-order valence-electron chi connectivity index (χ0n) is 16.1. The maximum absolute atomic E-state index is 12.3. The monoisotopic (exact) mass is 403 g/mol. The number of anilines is 1. The topological polar surface area (TPSA) is 89.0 Å². The molecule has 0 aromatic heterocycles. The Morgan fingerprint density at radius 3 is 2.57 bits per heavy atom. The third kappa shape index (κ3) is 5.47. The Balaban J connectivity index is 1.99. The largest absolute Gasteiger partial charge is 0.497 e. The van der Waals surface area contributed by atoms with Crippen LogP contribution < -0.4 is 20.2 Å². The molecular weight excluding hydrogens is 382 g/mol. The van der Waals surface area contributed by atoms with E-state index in [4.69, 9.17) is 21.1 Å². The molecule has 0 bridgehead atoms. The van der Waals surface area contributed by atoms with Gasteiger partial charge in [0.15, 0.2) is 0 Å². The first-order valence-electron chi connectivity index (χ1n) is 8.46. The molecule has 0 spiro atoms. The fourth-order valence-electron chi connectivity index (χ4n) is 2.40. The van der Waals surface area contributed by atoms with Crippen molar-refractivity contribution in [1.82, 2.24) is 5.43 Å². The highest BCUT2D eigenvalue weighted by atomic mass is 35.5. The Labute approximate surface area is 168 Å². The molecule has 2 amide bonds. The second-order valence-electron chi connectivity index (χ2n) is 5.99. The average molecular weight is 404 g/mol. The van der Waals surface area contributed by atoms with Crippen LogP contribution in [0.4, 0.5) is 5.69 Å². The van der Waals surface area contributed by atoms with Crippen LogP contribution in [0.25, 0.3) is 0 Å². The SMILES string of the molecule is COc1ccc(C(=O)N/N=C(/C)CC(=O)Nc2cccc(Cl)c2C)c(OC)c1. The van der Waals surface area contributed by atoms with Crippen LogP contribution in [0.3, 0.4) is 0 Å². The van der Waals surface area contributed by atoms with Crippen molar-refractivity contribution >= 4 is 34.8 Å². The van der Waals surface area contributed by atoms with Gasteiger partial charge in [-0.1, -0.05) is 17.7 Å². The fraction of sp³-hybridized carbons (Fsp3) is 0.250. The van der Waals surface area contributed by atoms with Crippen molar-refractivity contribution in [3.63, 3.8) is 0 Å². The summed E-state index contributed by atoms with van der Waals surface area (Å²) in [7, 11) is 2.99. The van der Waals surface area contributed by atoms with Crippen molar-refractivity contribution in [3.8, 4) is 11.5 Å². The Morgan fingerprint density at radius 2 is 1.89 bits per heavy atom. The lowest BCUT2D eigenvalue weighted by molar-refractivity contribution is -0.115. The van der Waals surface area contributed by atoms with Crippen molar-refractivity contribution < 1.29 is 19.1 Å². The molecule has 2 N–H and O–H groups in total. The summed E-state index contributed by atoms with van der Waals surface area (Å²) in [5.41, 5.74) is 4.60. The first-order valence-corrected chi connectivity index (χ1v) is 8.84. The van der Waals surface area contributed by atoms with Gasteiger partial charge >= 0.3 is 0 Å². The van der Waals surface area contributed by atoms with E-state index in [2.05, 4.69) is 15.8 Å². The highest BCUT2D eigenvalue weighted by Crippen LogP contribution is 2.24. The van der Waals surface area contributed by atoms with Crippen LogP contribution in [0.5, 0.6) is 11.5 Å². The van der Waals surface area contributed by atoms with E-state index in [1.165, 1.54) is 14.2 Å². The molecule has 2 aromatic rings. The van der Waals surface area contributed by atoms with Crippen molar-refractivity contribution in [1.29, 1.82) is 0 Å². The zero-order chi connectivity index (χ0) is 20.7. The number of nitrogens with zero attached hydrogens (tertiary/aromatic N) is 1. The maximum Gasteiger partial charge on any atom is 0.275 e. The average Bonchev–Trinajstić information content (AvgIpc) is 2.69. The number of hydrogen-bond donors (Lipinski definition) is 2. The van der Waals surface area contributed by atoms with Gasteiger partial charge in [0.2, 0.25) is 5.91 Å². The number of rotatable bonds is 7. The molecule has 2 rings (SSSR count). The molecule has 28 heavy (non-hydrogen) atoms. The predicted octanol–water partition coefficient (Wildman–Crippen LogP) is 3.80. The second kappa shape index (κ2) is 9.75. The highest BCUT2D eigenvalue weighted by molar-refractivity contribution is 6.31. The van der Waals surface area contributed by atoms with Crippen molar-refractivity contribution in [2.24, 2.45) is 5.10 Å². The number of hydrazone groups is 1. The summed E-state index contributed by atoms with van der Waals surface area (Å²) >= 11 is 6.05. The molecule has 0 atom stereocenters.